The molecule has 1 atom stereocenters. The Morgan fingerprint density at radius 2 is 2.14 bits per heavy atom. The second-order valence-corrected chi connectivity index (χ2v) is 6.47. The highest BCUT2D eigenvalue weighted by molar-refractivity contribution is 6.41. The Balaban J connectivity index is 1.75. The van der Waals surface area contributed by atoms with E-state index in [1.54, 1.807) is 22.6 Å². The van der Waals surface area contributed by atoms with Gasteiger partial charge in [-0.2, -0.15) is 0 Å². The number of halogens is 2. The van der Waals surface area contributed by atoms with Gasteiger partial charge in [-0.05, 0) is 18.9 Å². The summed E-state index contributed by atoms with van der Waals surface area (Å²) in [7, 11) is 1.72. The molecular weight excluding hydrogens is 327 g/mol. The van der Waals surface area contributed by atoms with Gasteiger partial charge < -0.3 is 19.7 Å². The number of amides is 3. The Bertz CT molecular complexity index is 616. The van der Waals surface area contributed by atoms with E-state index >= 15 is 0 Å². The van der Waals surface area contributed by atoms with Gasteiger partial charge in [0.2, 0.25) is 0 Å². The molecule has 6 nitrogen and oxygen atoms in total. The molecule has 2 fully saturated rings. The molecule has 0 unspecified atom stereocenters. The molecule has 0 spiro atoms. The van der Waals surface area contributed by atoms with E-state index in [9.17, 15) is 9.59 Å². The molecular formula is C14H18Cl2N4O2. The van der Waals surface area contributed by atoms with E-state index in [2.05, 4.69) is 5.32 Å². The molecule has 120 valence electrons. The molecule has 2 saturated heterocycles. The standard InChI is InChI=1S/C14H18Cl2N4O2/c1-18-11(7-10(15)12(18)16)13(21)19-5-2-3-9(8-19)20-6-4-17-14(20)22/h7,9H,2-6,8H2,1H3,(H,17,22)/t9-/m1/s1. The van der Waals surface area contributed by atoms with Crippen LogP contribution in [0.5, 0.6) is 0 Å². The molecule has 1 N–H and O–H groups in total. The zero-order valence-corrected chi connectivity index (χ0v) is 13.8. The van der Waals surface area contributed by atoms with Crippen molar-refractivity contribution in [3.8, 4) is 0 Å². The summed E-state index contributed by atoms with van der Waals surface area (Å²) < 4.78 is 1.60. The number of hydrogen-bond donors (Lipinski definition) is 1. The molecule has 1 aromatic heterocycles. The highest BCUT2D eigenvalue weighted by atomic mass is 35.5. The minimum atomic E-state index is -0.0967. The number of piperidine rings is 1. The van der Waals surface area contributed by atoms with Crippen LogP contribution < -0.4 is 5.32 Å². The lowest BCUT2D eigenvalue weighted by Crippen LogP contribution is -2.50. The van der Waals surface area contributed by atoms with E-state index in [4.69, 9.17) is 23.2 Å². The van der Waals surface area contributed by atoms with Gasteiger partial charge >= 0.3 is 6.03 Å². The maximum atomic E-state index is 12.7. The van der Waals surface area contributed by atoms with Gasteiger partial charge in [0.05, 0.1) is 11.1 Å². The third-order valence-electron chi connectivity index (χ3n) is 4.35. The summed E-state index contributed by atoms with van der Waals surface area (Å²) >= 11 is 12.0. The van der Waals surface area contributed by atoms with Gasteiger partial charge in [-0.25, -0.2) is 4.79 Å². The molecule has 8 heteroatoms. The van der Waals surface area contributed by atoms with Crippen molar-refractivity contribution in [3.05, 3.63) is 21.9 Å². The van der Waals surface area contributed by atoms with Gasteiger partial charge in [0.25, 0.3) is 5.91 Å². The number of rotatable bonds is 2. The zero-order valence-electron chi connectivity index (χ0n) is 12.3. The summed E-state index contributed by atoms with van der Waals surface area (Å²) in [5.74, 6) is -0.0967. The fourth-order valence-corrected chi connectivity index (χ4v) is 3.51. The monoisotopic (exact) mass is 344 g/mol. The summed E-state index contributed by atoms with van der Waals surface area (Å²) in [6.45, 7) is 2.61. The first-order valence-corrected chi connectivity index (χ1v) is 8.09. The van der Waals surface area contributed by atoms with Crippen LogP contribution in [0.2, 0.25) is 10.2 Å². The lowest BCUT2D eigenvalue weighted by Gasteiger charge is -2.37. The van der Waals surface area contributed by atoms with Crippen molar-refractivity contribution < 1.29 is 9.59 Å². The van der Waals surface area contributed by atoms with E-state index in [0.29, 0.717) is 42.0 Å². The number of hydrogen-bond acceptors (Lipinski definition) is 2. The van der Waals surface area contributed by atoms with Crippen LogP contribution in [-0.4, -0.2) is 58.5 Å². The van der Waals surface area contributed by atoms with Crippen molar-refractivity contribution in [2.75, 3.05) is 26.2 Å². The predicted octanol–water partition coefficient (Wildman–Crippen LogP) is 1.96. The van der Waals surface area contributed by atoms with Crippen LogP contribution >= 0.6 is 23.2 Å². The average molecular weight is 345 g/mol. The minimum absolute atomic E-state index is 0.0377. The van der Waals surface area contributed by atoms with E-state index in [-0.39, 0.29) is 18.0 Å². The summed E-state index contributed by atoms with van der Waals surface area (Å²) in [5, 5.41) is 3.54. The van der Waals surface area contributed by atoms with E-state index in [1.165, 1.54) is 0 Å². The third-order valence-corrected chi connectivity index (χ3v) is 5.19. The molecule has 2 aliphatic heterocycles. The summed E-state index contributed by atoms with van der Waals surface area (Å²) in [5.41, 5.74) is 0.474. The van der Waals surface area contributed by atoms with Gasteiger partial charge in [0.1, 0.15) is 10.8 Å². The maximum absolute atomic E-state index is 12.7. The number of carbonyl (C=O) groups excluding carboxylic acids is 2. The minimum Gasteiger partial charge on any atom is -0.336 e. The van der Waals surface area contributed by atoms with Crippen LogP contribution in [-0.2, 0) is 7.05 Å². The Morgan fingerprint density at radius 1 is 1.36 bits per heavy atom. The van der Waals surface area contributed by atoms with E-state index < -0.39 is 0 Å². The molecule has 0 bridgehead atoms. The number of carbonyl (C=O) groups is 2. The third kappa shape index (κ3) is 2.65. The molecule has 2 aliphatic rings. The summed E-state index contributed by atoms with van der Waals surface area (Å²) in [6, 6.07) is 1.63. The molecule has 3 amide bonds. The van der Waals surface area contributed by atoms with Crippen molar-refractivity contribution in [3.63, 3.8) is 0 Å². The first kappa shape index (κ1) is 15.5. The van der Waals surface area contributed by atoms with E-state index in [0.717, 1.165) is 12.8 Å². The maximum Gasteiger partial charge on any atom is 0.317 e. The van der Waals surface area contributed by atoms with Crippen LogP contribution in [0.4, 0.5) is 4.79 Å². The Hall–Kier alpha value is -1.40. The number of aromatic nitrogens is 1. The molecule has 0 saturated carbocycles. The second-order valence-electron chi connectivity index (χ2n) is 5.70. The quantitative estimate of drug-likeness (QED) is 0.891. The van der Waals surface area contributed by atoms with Crippen molar-refractivity contribution in [2.24, 2.45) is 7.05 Å². The van der Waals surface area contributed by atoms with Gasteiger partial charge in [-0.1, -0.05) is 23.2 Å². The molecule has 3 heterocycles. The van der Waals surface area contributed by atoms with Crippen LogP contribution in [0.3, 0.4) is 0 Å². The van der Waals surface area contributed by atoms with Crippen molar-refractivity contribution in [2.45, 2.75) is 18.9 Å². The molecule has 22 heavy (non-hydrogen) atoms. The Kier molecular flexibility index (Phi) is 4.23. The molecule has 1 aromatic rings. The first-order valence-electron chi connectivity index (χ1n) is 7.33. The fraction of sp³-hybridized carbons (Fsp3) is 0.571. The lowest BCUT2D eigenvalue weighted by molar-refractivity contribution is 0.0625. The van der Waals surface area contributed by atoms with Crippen LogP contribution in [0, 0.1) is 0 Å². The van der Waals surface area contributed by atoms with Gasteiger partial charge in [-0.15, -0.1) is 0 Å². The molecule has 3 rings (SSSR count). The summed E-state index contributed by atoms with van der Waals surface area (Å²) in [4.78, 5) is 28.1. The van der Waals surface area contributed by atoms with Gasteiger partial charge in [0.15, 0.2) is 0 Å². The van der Waals surface area contributed by atoms with Crippen molar-refractivity contribution >= 4 is 35.1 Å². The van der Waals surface area contributed by atoms with Crippen LogP contribution in [0.15, 0.2) is 6.07 Å². The number of nitrogens with one attached hydrogen (secondary N) is 1. The average Bonchev–Trinajstić information content (AvgIpc) is 3.06. The highest BCUT2D eigenvalue weighted by Gasteiger charge is 2.33. The summed E-state index contributed by atoms with van der Waals surface area (Å²) in [6.07, 6.45) is 1.80. The first-order chi connectivity index (χ1) is 10.5. The lowest BCUT2D eigenvalue weighted by atomic mass is 10.0. The Labute approximate surface area is 138 Å². The van der Waals surface area contributed by atoms with Gasteiger partial charge in [0, 0.05) is 33.2 Å². The second kappa shape index (κ2) is 6.01. The Morgan fingerprint density at radius 3 is 2.73 bits per heavy atom. The zero-order chi connectivity index (χ0) is 15.9. The largest absolute Gasteiger partial charge is 0.336 e. The topological polar surface area (TPSA) is 57.6 Å². The van der Waals surface area contributed by atoms with Gasteiger partial charge in [-0.3, -0.25) is 4.79 Å². The highest BCUT2D eigenvalue weighted by Crippen LogP contribution is 2.27. The molecule has 0 aliphatic carbocycles. The van der Waals surface area contributed by atoms with Crippen LogP contribution in [0.1, 0.15) is 23.3 Å². The normalized spacial score (nSPS) is 22.1. The SMILES string of the molecule is Cn1c(C(=O)N2CCC[C@@H](N3CCNC3=O)C2)cc(Cl)c1Cl. The van der Waals surface area contributed by atoms with Crippen LogP contribution in [0.25, 0.3) is 0 Å². The molecule has 0 radical (unpaired) electrons. The number of urea groups is 1. The van der Waals surface area contributed by atoms with E-state index in [1.807, 2.05) is 4.90 Å². The van der Waals surface area contributed by atoms with Crippen molar-refractivity contribution in [1.82, 2.24) is 19.7 Å². The number of likely N-dealkylation sites (tertiary alicyclic amines) is 1. The fourth-order valence-electron chi connectivity index (χ4n) is 3.14. The predicted molar refractivity (Wildman–Crippen MR) is 84.5 cm³/mol. The molecule has 0 aromatic carbocycles. The van der Waals surface area contributed by atoms with Crippen molar-refractivity contribution in [1.29, 1.82) is 0 Å². The number of nitrogens with zero attached hydrogens (tertiary/aromatic N) is 3. The smallest absolute Gasteiger partial charge is 0.317 e.